The van der Waals surface area contributed by atoms with Gasteiger partial charge in [0.2, 0.25) is 5.88 Å². The molecule has 0 N–H and O–H groups in total. The van der Waals surface area contributed by atoms with Gasteiger partial charge in [0.05, 0.1) is 7.11 Å². The predicted octanol–water partition coefficient (Wildman–Crippen LogP) is 2.93. The van der Waals surface area contributed by atoms with Crippen molar-refractivity contribution in [2.45, 2.75) is 25.1 Å². The Hall–Kier alpha value is -0.960. The number of halogens is 1. The summed E-state index contributed by atoms with van der Waals surface area (Å²) in [5.41, 5.74) is 0. The van der Waals surface area contributed by atoms with E-state index in [2.05, 4.69) is 16.8 Å². The van der Waals surface area contributed by atoms with Crippen LogP contribution in [-0.4, -0.2) is 30.6 Å². The number of ether oxygens (including phenoxy) is 1. The Kier molecular flexibility index (Phi) is 4.11. The lowest BCUT2D eigenvalue weighted by Crippen LogP contribution is -2.36. The minimum absolute atomic E-state index is 0.274. The van der Waals surface area contributed by atoms with Crippen LogP contribution in [-0.2, 0) is 0 Å². The summed E-state index contributed by atoms with van der Waals surface area (Å²) in [5.74, 6) is 2.32. The standard InChI is InChI=1S/C13H19ClN2O/c1-10(14)11-6-8-16(9-7-11)12-4-3-5-13(15-12)17-2/h3-5,10-11H,6-9H2,1-2H3. The Morgan fingerprint density at radius 1 is 1.41 bits per heavy atom. The quantitative estimate of drug-likeness (QED) is 0.776. The van der Waals surface area contributed by atoms with E-state index in [1.54, 1.807) is 7.11 Å². The molecule has 1 aliphatic rings. The third-order valence-corrected chi connectivity index (χ3v) is 3.79. The Morgan fingerprint density at radius 2 is 2.12 bits per heavy atom. The van der Waals surface area contributed by atoms with Gasteiger partial charge in [0.15, 0.2) is 0 Å². The molecule has 2 heterocycles. The molecule has 3 nitrogen and oxygen atoms in total. The highest BCUT2D eigenvalue weighted by atomic mass is 35.5. The molecule has 4 heteroatoms. The van der Waals surface area contributed by atoms with Crippen LogP contribution in [0.1, 0.15) is 19.8 Å². The fourth-order valence-corrected chi connectivity index (χ4v) is 2.53. The van der Waals surface area contributed by atoms with Crippen molar-refractivity contribution in [3.8, 4) is 5.88 Å². The van der Waals surface area contributed by atoms with E-state index in [0.29, 0.717) is 11.8 Å². The largest absolute Gasteiger partial charge is 0.481 e. The van der Waals surface area contributed by atoms with E-state index in [4.69, 9.17) is 16.3 Å². The molecule has 1 atom stereocenters. The molecule has 1 saturated heterocycles. The van der Waals surface area contributed by atoms with Crippen LogP contribution in [0, 0.1) is 5.92 Å². The highest BCUT2D eigenvalue weighted by Gasteiger charge is 2.23. The fourth-order valence-electron chi connectivity index (χ4n) is 2.28. The van der Waals surface area contributed by atoms with Gasteiger partial charge in [-0.05, 0) is 31.7 Å². The summed E-state index contributed by atoms with van der Waals surface area (Å²) >= 11 is 6.14. The van der Waals surface area contributed by atoms with Crippen LogP contribution < -0.4 is 9.64 Å². The van der Waals surface area contributed by atoms with E-state index in [1.165, 1.54) is 0 Å². The van der Waals surface area contributed by atoms with Crippen molar-refractivity contribution in [2.75, 3.05) is 25.1 Å². The molecule has 0 spiro atoms. The summed E-state index contributed by atoms with van der Waals surface area (Å²) in [6.45, 7) is 4.15. The van der Waals surface area contributed by atoms with E-state index in [1.807, 2.05) is 18.2 Å². The number of hydrogen-bond acceptors (Lipinski definition) is 3. The normalized spacial score (nSPS) is 19.1. The van der Waals surface area contributed by atoms with Crippen LogP contribution in [0.5, 0.6) is 5.88 Å². The molecule has 1 aromatic rings. The number of piperidine rings is 1. The van der Waals surface area contributed by atoms with Crippen molar-refractivity contribution in [1.29, 1.82) is 0 Å². The first kappa shape index (κ1) is 12.5. The molecule has 0 aromatic carbocycles. The smallest absolute Gasteiger partial charge is 0.214 e. The summed E-state index contributed by atoms with van der Waals surface area (Å²) in [6, 6.07) is 5.89. The van der Waals surface area contributed by atoms with Gasteiger partial charge in [-0.1, -0.05) is 6.07 Å². The SMILES string of the molecule is COc1cccc(N2CCC(C(C)Cl)CC2)n1. The number of alkyl halides is 1. The van der Waals surface area contributed by atoms with Crippen LogP contribution >= 0.6 is 11.6 Å². The van der Waals surface area contributed by atoms with E-state index in [-0.39, 0.29) is 5.38 Å². The zero-order valence-electron chi connectivity index (χ0n) is 10.4. The molecular formula is C13H19ClN2O. The second kappa shape index (κ2) is 5.58. The maximum atomic E-state index is 6.14. The monoisotopic (exact) mass is 254 g/mol. The lowest BCUT2D eigenvalue weighted by Gasteiger charge is -2.33. The van der Waals surface area contributed by atoms with Gasteiger partial charge in [-0.2, -0.15) is 4.98 Å². The lowest BCUT2D eigenvalue weighted by atomic mass is 9.94. The Labute approximate surface area is 108 Å². The van der Waals surface area contributed by atoms with Crippen LogP contribution in [0.4, 0.5) is 5.82 Å². The number of anilines is 1. The predicted molar refractivity (Wildman–Crippen MR) is 71.0 cm³/mol. The molecule has 1 aromatic heterocycles. The van der Waals surface area contributed by atoms with Crippen molar-refractivity contribution in [3.63, 3.8) is 0 Å². The number of rotatable bonds is 3. The maximum absolute atomic E-state index is 6.14. The van der Waals surface area contributed by atoms with E-state index >= 15 is 0 Å². The fraction of sp³-hybridized carbons (Fsp3) is 0.615. The second-order valence-corrected chi connectivity index (χ2v) is 5.23. The molecule has 1 aliphatic heterocycles. The number of pyridine rings is 1. The number of aromatic nitrogens is 1. The van der Waals surface area contributed by atoms with Gasteiger partial charge in [-0.3, -0.25) is 0 Å². The molecule has 1 unspecified atom stereocenters. The highest BCUT2D eigenvalue weighted by molar-refractivity contribution is 6.20. The second-order valence-electron chi connectivity index (χ2n) is 4.54. The number of nitrogens with zero attached hydrogens (tertiary/aromatic N) is 2. The zero-order valence-corrected chi connectivity index (χ0v) is 11.2. The average molecular weight is 255 g/mol. The first-order chi connectivity index (χ1) is 8.20. The van der Waals surface area contributed by atoms with Crippen molar-refractivity contribution < 1.29 is 4.74 Å². The summed E-state index contributed by atoms with van der Waals surface area (Å²) in [6.07, 6.45) is 2.28. The first-order valence-electron chi connectivity index (χ1n) is 6.11. The molecule has 0 bridgehead atoms. The minimum atomic E-state index is 0.274. The van der Waals surface area contributed by atoms with Crippen LogP contribution in [0.25, 0.3) is 0 Å². The van der Waals surface area contributed by atoms with Gasteiger partial charge >= 0.3 is 0 Å². The Morgan fingerprint density at radius 3 is 2.71 bits per heavy atom. The molecule has 1 fully saturated rings. The summed E-state index contributed by atoms with van der Waals surface area (Å²) in [5, 5.41) is 0.274. The van der Waals surface area contributed by atoms with Crippen molar-refractivity contribution in [2.24, 2.45) is 5.92 Å². The molecule has 94 valence electrons. The van der Waals surface area contributed by atoms with E-state index in [0.717, 1.165) is 31.7 Å². The third kappa shape index (κ3) is 3.03. The first-order valence-corrected chi connectivity index (χ1v) is 6.54. The van der Waals surface area contributed by atoms with Crippen molar-refractivity contribution in [3.05, 3.63) is 18.2 Å². The minimum Gasteiger partial charge on any atom is -0.481 e. The Bertz CT molecular complexity index is 362. The van der Waals surface area contributed by atoms with Gasteiger partial charge in [0, 0.05) is 24.5 Å². The van der Waals surface area contributed by atoms with Gasteiger partial charge in [0.25, 0.3) is 0 Å². The summed E-state index contributed by atoms with van der Waals surface area (Å²) in [4.78, 5) is 6.76. The van der Waals surface area contributed by atoms with E-state index in [9.17, 15) is 0 Å². The van der Waals surface area contributed by atoms with Gasteiger partial charge in [-0.25, -0.2) is 0 Å². The summed E-state index contributed by atoms with van der Waals surface area (Å²) in [7, 11) is 1.65. The average Bonchev–Trinajstić information content (AvgIpc) is 2.39. The van der Waals surface area contributed by atoms with Crippen LogP contribution in [0.2, 0.25) is 0 Å². The van der Waals surface area contributed by atoms with Crippen LogP contribution in [0.3, 0.4) is 0 Å². The van der Waals surface area contributed by atoms with Gasteiger partial charge < -0.3 is 9.64 Å². The maximum Gasteiger partial charge on any atom is 0.214 e. The third-order valence-electron chi connectivity index (χ3n) is 3.43. The lowest BCUT2D eigenvalue weighted by molar-refractivity contribution is 0.388. The van der Waals surface area contributed by atoms with Gasteiger partial charge in [-0.15, -0.1) is 11.6 Å². The Balaban J connectivity index is 2.00. The van der Waals surface area contributed by atoms with E-state index < -0.39 is 0 Å². The molecule has 17 heavy (non-hydrogen) atoms. The summed E-state index contributed by atoms with van der Waals surface area (Å²) < 4.78 is 5.15. The molecule has 2 rings (SSSR count). The van der Waals surface area contributed by atoms with Crippen molar-refractivity contribution >= 4 is 17.4 Å². The molecule has 0 saturated carbocycles. The number of methoxy groups -OCH3 is 1. The molecular weight excluding hydrogens is 236 g/mol. The van der Waals surface area contributed by atoms with Crippen molar-refractivity contribution in [1.82, 2.24) is 4.98 Å². The molecule has 0 amide bonds. The molecule has 0 aliphatic carbocycles. The number of hydrogen-bond donors (Lipinski definition) is 0. The zero-order chi connectivity index (χ0) is 12.3. The van der Waals surface area contributed by atoms with Gasteiger partial charge in [0.1, 0.15) is 5.82 Å². The highest BCUT2D eigenvalue weighted by Crippen LogP contribution is 2.27. The van der Waals surface area contributed by atoms with Crippen LogP contribution in [0.15, 0.2) is 18.2 Å². The topological polar surface area (TPSA) is 25.4 Å². The molecule has 0 radical (unpaired) electrons.